The molecule has 0 aliphatic carbocycles. The van der Waals surface area contributed by atoms with Crippen molar-refractivity contribution in [3.8, 4) is 0 Å². The molecule has 0 spiro atoms. The number of nitrogens with one attached hydrogen (secondary N) is 3. The van der Waals surface area contributed by atoms with Crippen LogP contribution in [0, 0.1) is 0 Å². The maximum Gasteiger partial charge on any atom is 0.261 e. The molecule has 0 radical (unpaired) electrons. The van der Waals surface area contributed by atoms with E-state index in [1.807, 2.05) is 6.92 Å². The van der Waals surface area contributed by atoms with Crippen LogP contribution in [0.25, 0.3) is 16.6 Å². The minimum atomic E-state index is -0.410. The number of aromatic nitrogens is 3. The number of fused-ring (bicyclic) bond motifs is 3. The fraction of sp³-hybridized carbons (Fsp3) is 0.100. The number of rotatable bonds is 4. The van der Waals surface area contributed by atoms with Crippen LogP contribution < -0.4 is 16.2 Å². The number of hydrogen-bond acceptors (Lipinski definition) is 4. The van der Waals surface area contributed by atoms with Crippen molar-refractivity contribution in [1.82, 2.24) is 19.9 Å². The van der Waals surface area contributed by atoms with Crippen LogP contribution in [0.3, 0.4) is 0 Å². The van der Waals surface area contributed by atoms with Crippen molar-refractivity contribution in [2.45, 2.75) is 6.92 Å². The summed E-state index contributed by atoms with van der Waals surface area (Å²) in [5.74, 6) is -0.584. The van der Waals surface area contributed by atoms with E-state index in [9.17, 15) is 14.4 Å². The molecule has 2 aromatic heterocycles. The highest BCUT2D eigenvalue weighted by molar-refractivity contribution is 6.08. The molecule has 4 aromatic rings. The smallest absolute Gasteiger partial charge is 0.261 e. The molecule has 0 fully saturated rings. The number of amides is 2. The van der Waals surface area contributed by atoms with E-state index < -0.39 is 5.91 Å². The number of carbonyl (C=O) groups excluding carboxylic acids is 2. The molecule has 0 unspecified atom stereocenters. The van der Waals surface area contributed by atoms with Crippen molar-refractivity contribution in [2.75, 3.05) is 11.9 Å². The summed E-state index contributed by atoms with van der Waals surface area (Å²) < 4.78 is 1.53. The third-order valence-electron chi connectivity index (χ3n) is 4.36. The number of para-hydroxylation sites is 1. The molecule has 3 N–H and O–H groups in total. The van der Waals surface area contributed by atoms with Crippen LogP contribution in [0.1, 0.15) is 27.6 Å². The third kappa shape index (κ3) is 3.01. The molecule has 0 bridgehead atoms. The van der Waals surface area contributed by atoms with Gasteiger partial charge in [0.25, 0.3) is 17.4 Å². The molecule has 0 saturated heterocycles. The zero-order chi connectivity index (χ0) is 19.7. The normalized spacial score (nSPS) is 10.9. The SMILES string of the molecule is CCNC(=O)c1ccc(NC(=O)c2cnn3c2[nH]c(=O)c2ccccc23)cc1. The molecular formula is C20H17N5O3. The predicted octanol–water partition coefficient (Wildman–Crippen LogP) is 2.18. The van der Waals surface area contributed by atoms with Crippen molar-refractivity contribution in [1.29, 1.82) is 0 Å². The van der Waals surface area contributed by atoms with Gasteiger partial charge in [-0.05, 0) is 43.3 Å². The van der Waals surface area contributed by atoms with Crippen molar-refractivity contribution in [3.63, 3.8) is 0 Å². The van der Waals surface area contributed by atoms with E-state index in [0.717, 1.165) is 0 Å². The zero-order valence-electron chi connectivity index (χ0n) is 15.0. The second-order valence-corrected chi connectivity index (χ2v) is 6.18. The molecule has 0 aliphatic rings. The Balaban J connectivity index is 1.64. The number of benzene rings is 2. The lowest BCUT2D eigenvalue weighted by atomic mass is 10.2. The van der Waals surface area contributed by atoms with Gasteiger partial charge in [0.1, 0.15) is 11.2 Å². The predicted molar refractivity (Wildman–Crippen MR) is 106 cm³/mol. The van der Waals surface area contributed by atoms with Gasteiger partial charge in [-0.2, -0.15) is 5.10 Å². The second-order valence-electron chi connectivity index (χ2n) is 6.18. The summed E-state index contributed by atoms with van der Waals surface area (Å²) in [6.45, 7) is 2.38. The molecule has 4 rings (SSSR count). The van der Waals surface area contributed by atoms with Gasteiger partial charge < -0.3 is 15.6 Å². The largest absolute Gasteiger partial charge is 0.352 e. The molecule has 8 heteroatoms. The first-order chi connectivity index (χ1) is 13.6. The highest BCUT2D eigenvalue weighted by atomic mass is 16.2. The van der Waals surface area contributed by atoms with Gasteiger partial charge in [-0.1, -0.05) is 12.1 Å². The number of aromatic amines is 1. The standard InChI is InChI=1S/C20H17N5O3/c1-2-21-18(26)12-7-9-13(10-8-12)23-20(28)15-11-22-25-16-6-4-3-5-14(16)19(27)24-17(15)25/h3-11H,2H2,1H3,(H,21,26)(H,23,28)(H,24,27). The van der Waals surface area contributed by atoms with Gasteiger partial charge in [0.2, 0.25) is 0 Å². The van der Waals surface area contributed by atoms with E-state index in [0.29, 0.717) is 34.3 Å². The van der Waals surface area contributed by atoms with Crippen LogP contribution in [-0.4, -0.2) is 33.0 Å². The average Bonchev–Trinajstić information content (AvgIpc) is 3.13. The molecule has 2 amide bonds. The molecule has 2 aromatic carbocycles. The Bertz CT molecular complexity index is 1250. The zero-order valence-corrected chi connectivity index (χ0v) is 15.0. The summed E-state index contributed by atoms with van der Waals surface area (Å²) in [6, 6.07) is 13.6. The number of carbonyl (C=O) groups is 2. The van der Waals surface area contributed by atoms with Gasteiger partial charge in [0, 0.05) is 17.8 Å². The average molecular weight is 375 g/mol. The minimum absolute atomic E-state index is 0.174. The lowest BCUT2D eigenvalue weighted by Crippen LogP contribution is -2.22. The fourth-order valence-corrected chi connectivity index (χ4v) is 3.01. The monoisotopic (exact) mass is 375 g/mol. The van der Waals surface area contributed by atoms with Crippen LogP contribution in [0.15, 0.2) is 59.5 Å². The molecule has 0 atom stereocenters. The summed E-state index contributed by atoms with van der Waals surface area (Å²) in [5.41, 5.74) is 1.93. The van der Waals surface area contributed by atoms with Crippen molar-refractivity contribution < 1.29 is 9.59 Å². The Morgan fingerprint density at radius 1 is 1.07 bits per heavy atom. The Morgan fingerprint density at radius 3 is 2.57 bits per heavy atom. The number of hydrogen-bond donors (Lipinski definition) is 3. The van der Waals surface area contributed by atoms with Gasteiger partial charge in [0.15, 0.2) is 0 Å². The Hall–Kier alpha value is -3.94. The van der Waals surface area contributed by atoms with Gasteiger partial charge in [-0.15, -0.1) is 0 Å². The first-order valence-electron chi connectivity index (χ1n) is 8.77. The van der Waals surface area contributed by atoms with E-state index >= 15 is 0 Å². The molecule has 0 saturated carbocycles. The Morgan fingerprint density at radius 2 is 1.82 bits per heavy atom. The molecule has 140 valence electrons. The number of H-pyrrole nitrogens is 1. The van der Waals surface area contributed by atoms with Crippen LogP contribution in [0.4, 0.5) is 5.69 Å². The second kappa shape index (κ2) is 6.99. The molecule has 2 heterocycles. The molecular weight excluding hydrogens is 358 g/mol. The highest BCUT2D eigenvalue weighted by Crippen LogP contribution is 2.16. The van der Waals surface area contributed by atoms with Gasteiger partial charge in [0.05, 0.1) is 17.1 Å². The topological polar surface area (TPSA) is 108 Å². The lowest BCUT2D eigenvalue weighted by molar-refractivity contribution is 0.0955. The first-order valence-corrected chi connectivity index (χ1v) is 8.77. The Labute approximate surface area is 159 Å². The molecule has 8 nitrogen and oxygen atoms in total. The van der Waals surface area contributed by atoms with E-state index in [-0.39, 0.29) is 17.0 Å². The lowest BCUT2D eigenvalue weighted by Gasteiger charge is -2.06. The van der Waals surface area contributed by atoms with Crippen molar-refractivity contribution in [2.24, 2.45) is 0 Å². The maximum atomic E-state index is 12.7. The summed E-state index contributed by atoms with van der Waals surface area (Å²) in [5, 5.41) is 10.2. The maximum absolute atomic E-state index is 12.7. The molecule has 28 heavy (non-hydrogen) atoms. The van der Waals surface area contributed by atoms with Crippen LogP contribution in [-0.2, 0) is 0 Å². The fourth-order valence-electron chi connectivity index (χ4n) is 3.01. The van der Waals surface area contributed by atoms with E-state index in [1.54, 1.807) is 48.5 Å². The van der Waals surface area contributed by atoms with Gasteiger partial charge in [-0.3, -0.25) is 14.4 Å². The highest BCUT2D eigenvalue weighted by Gasteiger charge is 2.16. The van der Waals surface area contributed by atoms with Crippen molar-refractivity contribution >= 4 is 34.1 Å². The van der Waals surface area contributed by atoms with Crippen LogP contribution in [0.2, 0.25) is 0 Å². The van der Waals surface area contributed by atoms with Crippen molar-refractivity contribution in [3.05, 3.63) is 76.2 Å². The Kier molecular flexibility index (Phi) is 4.36. The number of nitrogens with zero attached hydrogens (tertiary/aromatic N) is 2. The van der Waals surface area contributed by atoms with Crippen LogP contribution >= 0.6 is 0 Å². The first kappa shape index (κ1) is 17.5. The van der Waals surface area contributed by atoms with Crippen LogP contribution in [0.5, 0.6) is 0 Å². The van der Waals surface area contributed by atoms with E-state index in [4.69, 9.17) is 0 Å². The minimum Gasteiger partial charge on any atom is -0.352 e. The quantitative estimate of drug-likeness (QED) is 0.508. The van der Waals surface area contributed by atoms with E-state index in [1.165, 1.54) is 10.7 Å². The third-order valence-corrected chi connectivity index (χ3v) is 4.36. The van der Waals surface area contributed by atoms with Gasteiger partial charge >= 0.3 is 0 Å². The van der Waals surface area contributed by atoms with E-state index in [2.05, 4.69) is 20.7 Å². The summed E-state index contributed by atoms with van der Waals surface area (Å²) >= 11 is 0. The number of anilines is 1. The summed E-state index contributed by atoms with van der Waals surface area (Å²) in [6.07, 6.45) is 1.41. The summed E-state index contributed by atoms with van der Waals surface area (Å²) in [4.78, 5) is 39.5. The summed E-state index contributed by atoms with van der Waals surface area (Å²) in [7, 11) is 0. The molecule has 0 aliphatic heterocycles. The van der Waals surface area contributed by atoms with Gasteiger partial charge in [-0.25, -0.2) is 4.52 Å².